The van der Waals surface area contributed by atoms with Gasteiger partial charge in [0.25, 0.3) is 5.91 Å². The van der Waals surface area contributed by atoms with E-state index in [4.69, 9.17) is 27.9 Å². The lowest BCUT2D eigenvalue weighted by molar-refractivity contribution is 0.0950. The van der Waals surface area contributed by atoms with Gasteiger partial charge >= 0.3 is 0 Å². The summed E-state index contributed by atoms with van der Waals surface area (Å²) in [6.07, 6.45) is 1.00. The van der Waals surface area contributed by atoms with Crippen molar-refractivity contribution in [1.29, 1.82) is 0 Å². The van der Waals surface area contributed by atoms with E-state index in [0.717, 1.165) is 23.0 Å². The van der Waals surface area contributed by atoms with E-state index in [1.54, 1.807) is 31.0 Å². The fourth-order valence-corrected chi connectivity index (χ4v) is 4.00. The van der Waals surface area contributed by atoms with Crippen LogP contribution in [0.4, 0.5) is 0 Å². The summed E-state index contributed by atoms with van der Waals surface area (Å²) in [5.41, 5.74) is 1.16. The summed E-state index contributed by atoms with van der Waals surface area (Å²) in [5, 5.41) is 13.0. The van der Waals surface area contributed by atoms with Crippen molar-refractivity contribution in [3.05, 3.63) is 63.9 Å². The highest BCUT2D eigenvalue weighted by Crippen LogP contribution is 2.29. The molecular formula is C20H20Cl2N4O2S. The molecule has 0 saturated carbocycles. The normalized spacial score (nSPS) is 10.8. The molecule has 9 heteroatoms. The Labute approximate surface area is 183 Å². The summed E-state index contributed by atoms with van der Waals surface area (Å²) in [5.74, 6) is 1.87. The number of thioether (sulfide) groups is 1. The molecule has 0 saturated heterocycles. The van der Waals surface area contributed by atoms with Crippen molar-refractivity contribution in [2.75, 3.05) is 12.9 Å². The maximum absolute atomic E-state index is 12.6. The van der Waals surface area contributed by atoms with Crippen LogP contribution in [0.25, 0.3) is 5.69 Å². The van der Waals surface area contributed by atoms with Crippen molar-refractivity contribution >= 4 is 40.9 Å². The van der Waals surface area contributed by atoms with Crippen LogP contribution in [0.5, 0.6) is 5.75 Å². The third-order valence-corrected chi connectivity index (χ3v) is 5.73. The van der Waals surface area contributed by atoms with Gasteiger partial charge in [-0.25, -0.2) is 0 Å². The minimum atomic E-state index is -0.316. The molecule has 0 aliphatic rings. The Morgan fingerprint density at radius 1 is 1.21 bits per heavy atom. The number of hydrogen-bond donors (Lipinski definition) is 1. The van der Waals surface area contributed by atoms with E-state index in [9.17, 15) is 4.79 Å². The lowest BCUT2D eigenvalue weighted by Crippen LogP contribution is -2.25. The highest BCUT2D eigenvalue weighted by molar-refractivity contribution is 7.99. The molecule has 1 heterocycles. The maximum Gasteiger partial charge on any atom is 0.253 e. The first-order chi connectivity index (χ1) is 14.0. The standard InChI is InChI=1S/C20H20Cl2N4O2S/c1-3-10-29-20-25-24-18(26(20)16-6-4-5-7-17(16)28-2)12-23-19(27)14-9-8-13(21)11-15(14)22/h4-9,11H,3,10,12H2,1-2H3,(H,23,27). The molecule has 3 aromatic rings. The zero-order valence-corrected chi connectivity index (χ0v) is 18.3. The highest BCUT2D eigenvalue weighted by Gasteiger charge is 2.19. The second-order valence-corrected chi connectivity index (χ2v) is 7.97. The monoisotopic (exact) mass is 450 g/mol. The Kier molecular flexibility index (Phi) is 7.41. The fourth-order valence-electron chi connectivity index (χ4n) is 2.69. The first kappa shape index (κ1) is 21.5. The summed E-state index contributed by atoms with van der Waals surface area (Å²) in [6.45, 7) is 2.28. The van der Waals surface area contributed by atoms with Crippen LogP contribution >= 0.6 is 35.0 Å². The van der Waals surface area contributed by atoms with Crippen LogP contribution in [0.2, 0.25) is 10.0 Å². The third kappa shape index (κ3) is 5.04. The predicted molar refractivity (Wildman–Crippen MR) is 117 cm³/mol. The first-order valence-corrected chi connectivity index (χ1v) is 10.7. The zero-order chi connectivity index (χ0) is 20.8. The van der Waals surface area contributed by atoms with Crippen LogP contribution in [0.1, 0.15) is 29.5 Å². The van der Waals surface area contributed by atoms with E-state index in [1.165, 1.54) is 6.07 Å². The number of methoxy groups -OCH3 is 1. The first-order valence-electron chi connectivity index (χ1n) is 8.98. The van der Waals surface area contributed by atoms with Crippen molar-refractivity contribution in [2.24, 2.45) is 0 Å². The van der Waals surface area contributed by atoms with Crippen molar-refractivity contribution in [1.82, 2.24) is 20.1 Å². The van der Waals surface area contributed by atoms with E-state index >= 15 is 0 Å². The van der Waals surface area contributed by atoms with Crippen molar-refractivity contribution in [3.63, 3.8) is 0 Å². The van der Waals surface area contributed by atoms with Gasteiger partial charge in [0.05, 0.1) is 29.9 Å². The molecule has 0 bridgehead atoms. The van der Waals surface area contributed by atoms with Gasteiger partial charge in [-0.3, -0.25) is 9.36 Å². The average Bonchev–Trinajstić information content (AvgIpc) is 3.12. The number of ether oxygens (including phenoxy) is 1. The van der Waals surface area contributed by atoms with Gasteiger partial charge < -0.3 is 10.1 Å². The number of hydrogen-bond acceptors (Lipinski definition) is 5. The maximum atomic E-state index is 12.6. The van der Waals surface area contributed by atoms with E-state index in [0.29, 0.717) is 27.2 Å². The van der Waals surface area contributed by atoms with Crippen LogP contribution in [0.15, 0.2) is 47.6 Å². The minimum absolute atomic E-state index is 0.176. The molecule has 29 heavy (non-hydrogen) atoms. The molecule has 1 N–H and O–H groups in total. The molecule has 0 unspecified atom stereocenters. The summed E-state index contributed by atoms with van der Waals surface area (Å²) in [6, 6.07) is 12.4. The largest absolute Gasteiger partial charge is 0.495 e. The predicted octanol–water partition coefficient (Wildman–Crippen LogP) is 5.01. The summed E-state index contributed by atoms with van der Waals surface area (Å²) in [7, 11) is 1.62. The number of benzene rings is 2. The van der Waals surface area contributed by atoms with Gasteiger partial charge in [0.2, 0.25) is 0 Å². The molecule has 3 rings (SSSR count). The Hall–Kier alpha value is -2.22. The molecule has 2 aromatic carbocycles. The Balaban J connectivity index is 1.89. The van der Waals surface area contributed by atoms with Crippen molar-refractivity contribution in [2.45, 2.75) is 25.0 Å². The van der Waals surface area contributed by atoms with Gasteiger partial charge in [-0.2, -0.15) is 0 Å². The molecule has 6 nitrogen and oxygen atoms in total. The smallest absolute Gasteiger partial charge is 0.253 e. The van der Waals surface area contributed by atoms with Crippen LogP contribution in [-0.4, -0.2) is 33.5 Å². The van der Waals surface area contributed by atoms with E-state index in [-0.39, 0.29) is 12.5 Å². The van der Waals surface area contributed by atoms with Gasteiger partial charge in [0.15, 0.2) is 11.0 Å². The topological polar surface area (TPSA) is 69.0 Å². The average molecular weight is 451 g/mol. The Bertz CT molecular complexity index is 1010. The number of nitrogens with zero attached hydrogens (tertiary/aromatic N) is 3. The van der Waals surface area contributed by atoms with Crippen LogP contribution in [-0.2, 0) is 6.54 Å². The molecule has 0 radical (unpaired) electrons. The lowest BCUT2D eigenvalue weighted by Gasteiger charge is -2.14. The van der Waals surface area contributed by atoms with Gasteiger partial charge in [-0.15, -0.1) is 10.2 Å². The number of para-hydroxylation sites is 2. The third-order valence-electron chi connectivity index (χ3n) is 4.04. The molecule has 1 aromatic heterocycles. The number of carbonyl (C=O) groups excluding carboxylic acids is 1. The Morgan fingerprint density at radius 2 is 2.00 bits per heavy atom. The second-order valence-electron chi connectivity index (χ2n) is 6.06. The van der Waals surface area contributed by atoms with Crippen molar-refractivity contribution < 1.29 is 9.53 Å². The van der Waals surface area contributed by atoms with Crippen LogP contribution < -0.4 is 10.1 Å². The van der Waals surface area contributed by atoms with Gasteiger partial charge in [0.1, 0.15) is 5.75 Å². The molecular weight excluding hydrogens is 431 g/mol. The summed E-state index contributed by atoms with van der Waals surface area (Å²) in [4.78, 5) is 12.6. The summed E-state index contributed by atoms with van der Waals surface area (Å²) >= 11 is 13.6. The molecule has 0 atom stereocenters. The SMILES string of the molecule is CCCSc1nnc(CNC(=O)c2ccc(Cl)cc2Cl)n1-c1ccccc1OC. The number of carbonyl (C=O) groups is 1. The van der Waals surface area contributed by atoms with E-state index < -0.39 is 0 Å². The van der Waals surface area contributed by atoms with Gasteiger partial charge in [0, 0.05) is 10.8 Å². The molecule has 0 spiro atoms. The second kappa shape index (κ2) is 10.0. The Morgan fingerprint density at radius 3 is 2.72 bits per heavy atom. The number of halogens is 2. The number of rotatable bonds is 8. The van der Waals surface area contributed by atoms with E-state index in [1.807, 2.05) is 28.8 Å². The fraction of sp³-hybridized carbons (Fsp3) is 0.250. The number of nitrogens with one attached hydrogen (secondary N) is 1. The van der Waals surface area contributed by atoms with Crippen LogP contribution in [0.3, 0.4) is 0 Å². The van der Waals surface area contributed by atoms with E-state index in [2.05, 4.69) is 22.4 Å². The summed E-state index contributed by atoms with van der Waals surface area (Å²) < 4.78 is 7.41. The zero-order valence-electron chi connectivity index (χ0n) is 16.0. The van der Waals surface area contributed by atoms with Gasteiger partial charge in [-0.1, -0.05) is 54.0 Å². The molecule has 0 fully saturated rings. The number of aromatic nitrogens is 3. The lowest BCUT2D eigenvalue weighted by atomic mass is 10.2. The van der Waals surface area contributed by atoms with Crippen molar-refractivity contribution in [3.8, 4) is 11.4 Å². The molecule has 152 valence electrons. The van der Waals surface area contributed by atoms with Crippen LogP contribution in [0, 0.1) is 0 Å². The highest BCUT2D eigenvalue weighted by atomic mass is 35.5. The molecule has 0 aliphatic heterocycles. The minimum Gasteiger partial charge on any atom is -0.495 e. The number of amides is 1. The quantitative estimate of drug-likeness (QED) is 0.488. The molecule has 1 amide bonds. The van der Waals surface area contributed by atoms with Gasteiger partial charge in [-0.05, 0) is 36.8 Å². The molecule has 0 aliphatic carbocycles.